The number of carbonyl (C=O) groups excluding carboxylic acids is 1. The molecule has 0 bridgehead atoms. The summed E-state index contributed by atoms with van der Waals surface area (Å²) < 4.78 is 1.94. The molecule has 19 heavy (non-hydrogen) atoms. The second-order valence-corrected chi connectivity index (χ2v) is 5.91. The van der Waals surface area contributed by atoms with Gasteiger partial charge in [-0.05, 0) is 31.2 Å². The third-order valence-electron chi connectivity index (χ3n) is 4.47. The zero-order valence-electron chi connectivity index (χ0n) is 11.3. The number of aromatic nitrogens is 2. The lowest BCUT2D eigenvalue weighted by atomic mass is 9.75. The van der Waals surface area contributed by atoms with Crippen molar-refractivity contribution in [1.82, 2.24) is 14.7 Å². The van der Waals surface area contributed by atoms with Crippen LogP contribution in [0.15, 0.2) is 12.3 Å². The fourth-order valence-electron chi connectivity index (χ4n) is 3.21. The number of aliphatic hydroxyl groups excluding tert-OH is 1. The summed E-state index contributed by atoms with van der Waals surface area (Å²) in [5.74, 6) is 1.05. The maximum atomic E-state index is 12.6. The maximum Gasteiger partial charge on any atom is 0.226 e. The van der Waals surface area contributed by atoms with E-state index in [4.69, 9.17) is 0 Å². The highest BCUT2D eigenvalue weighted by Crippen LogP contribution is 2.35. The Labute approximate surface area is 113 Å². The summed E-state index contributed by atoms with van der Waals surface area (Å²) in [6, 6.07) is 1.90. The molecule has 1 atom stereocenters. The van der Waals surface area contributed by atoms with Crippen molar-refractivity contribution < 1.29 is 9.90 Å². The van der Waals surface area contributed by atoms with Crippen LogP contribution in [0.25, 0.3) is 0 Å². The van der Waals surface area contributed by atoms with E-state index in [2.05, 4.69) is 12.0 Å². The fraction of sp³-hybridized carbons (Fsp3) is 0.714. The van der Waals surface area contributed by atoms with E-state index in [0.717, 1.165) is 31.5 Å². The number of amides is 1. The monoisotopic (exact) mass is 263 g/mol. The van der Waals surface area contributed by atoms with E-state index in [-0.39, 0.29) is 24.5 Å². The van der Waals surface area contributed by atoms with Gasteiger partial charge in [0.1, 0.15) is 0 Å². The van der Waals surface area contributed by atoms with Crippen molar-refractivity contribution in [2.24, 2.45) is 11.8 Å². The van der Waals surface area contributed by atoms with E-state index < -0.39 is 0 Å². The first-order valence-electron chi connectivity index (χ1n) is 7.11. The molecule has 1 fully saturated rings. The van der Waals surface area contributed by atoms with Gasteiger partial charge < -0.3 is 10.0 Å². The van der Waals surface area contributed by atoms with Crippen molar-refractivity contribution in [3.8, 4) is 0 Å². The normalized spacial score (nSPS) is 30.4. The van der Waals surface area contributed by atoms with Gasteiger partial charge in [0, 0.05) is 18.7 Å². The zero-order valence-corrected chi connectivity index (χ0v) is 11.3. The quantitative estimate of drug-likeness (QED) is 0.866. The summed E-state index contributed by atoms with van der Waals surface area (Å²) in [4.78, 5) is 14.4. The molecular weight excluding hydrogens is 242 g/mol. The molecule has 2 aliphatic rings. The highest BCUT2D eigenvalue weighted by Gasteiger charge is 2.37. The largest absolute Gasteiger partial charge is 0.394 e. The summed E-state index contributed by atoms with van der Waals surface area (Å²) in [6.07, 6.45) is 4.54. The summed E-state index contributed by atoms with van der Waals surface area (Å²) in [5, 5.41) is 13.8. The standard InChI is InChI=1S/C14H21N3O2/c1-10-6-11(7-10)14(19)16-8-12-2-4-15-17(12)5-3-13(16)9-18/h2,4,10-11,13,18H,3,5-9H2,1H3/t10?,11?,13-/m1/s1. The topological polar surface area (TPSA) is 58.4 Å². The summed E-state index contributed by atoms with van der Waals surface area (Å²) in [7, 11) is 0. The summed E-state index contributed by atoms with van der Waals surface area (Å²) in [5.41, 5.74) is 1.07. The Bertz CT molecular complexity index is 465. The maximum absolute atomic E-state index is 12.6. The molecule has 1 aromatic heterocycles. The number of carbonyl (C=O) groups is 1. The van der Waals surface area contributed by atoms with Gasteiger partial charge in [-0.2, -0.15) is 5.10 Å². The third-order valence-corrected chi connectivity index (χ3v) is 4.47. The highest BCUT2D eigenvalue weighted by atomic mass is 16.3. The molecule has 5 nitrogen and oxygen atoms in total. The minimum absolute atomic E-state index is 0.0405. The van der Waals surface area contributed by atoms with Crippen molar-refractivity contribution >= 4 is 5.91 Å². The van der Waals surface area contributed by atoms with Gasteiger partial charge in [-0.1, -0.05) is 6.92 Å². The molecule has 1 saturated carbocycles. The van der Waals surface area contributed by atoms with E-state index in [9.17, 15) is 9.90 Å². The molecule has 0 saturated heterocycles. The van der Waals surface area contributed by atoms with Crippen molar-refractivity contribution in [3.63, 3.8) is 0 Å². The van der Waals surface area contributed by atoms with Crippen LogP contribution in [0.1, 0.15) is 31.9 Å². The average molecular weight is 263 g/mol. The van der Waals surface area contributed by atoms with Crippen LogP contribution in [-0.4, -0.2) is 38.3 Å². The first-order chi connectivity index (χ1) is 9.19. The van der Waals surface area contributed by atoms with Crippen molar-refractivity contribution in [2.75, 3.05) is 6.61 Å². The molecule has 1 N–H and O–H groups in total. The average Bonchev–Trinajstić information content (AvgIpc) is 2.74. The minimum atomic E-state index is -0.0647. The van der Waals surface area contributed by atoms with E-state index in [1.54, 1.807) is 6.20 Å². The van der Waals surface area contributed by atoms with Gasteiger partial charge >= 0.3 is 0 Å². The summed E-state index contributed by atoms with van der Waals surface area (Å²) in [6.45, 7) is 3.58. The first-order valence-corrected chi connectivity index (χ1v) is 7.11. The Hall–Kier alpha value is -1.36. The predicted molar refractivity (Wildman–Crippen MR) is 70.2 cm³/mol. The molecule has 1 aliphatic heterocycles. The molecule has 104 valence electrons. The van der Waals surface area contributed by atoms with Gasteiger partial charge in [0.15, 0.2) is 0 Å². The van der Waals surface area contributed by atoms with Crippen LogP contribution in [-0.2, 0) is 17.9 Å². The third kappa shape index (κ3) is 2.27. The number of fused-ring (bicyclic) bond motifs is 1. The molecule has 5 heteroatoms. The first kappa shape index (κ1) is 12.7. The van der Waals surface area contributed by atoms with Gasteiger partial charge in [-0.25, -0.2) is 0 Å². The van der Waals surface area contributed by atoms with Crippen LogP contribution >= 0.6 is 0 Å². The Balaban J connectivity index is 1.78. The van der Waals surface area contributed by atoms with Crippen LogP contribution in [0.4, 0.5) is 0 Å². The smallest absolute Gasteiger partial charge is 0.226 e. The molecule has 3 rings (SSSR count). The lowest BCUT2D eigenvalue weighted by Crippen LogP contribution is -2.47. The van der Waals surface area contributed by atoms with Gasteiger partial charge in [0.25, 0.3) is 0 Å². The molecular formula is C14H21N3O2. The lowest BCUT2D eigenvalue weighted by molar-refractivity contribution is -0.143. The molecule has 0 spiro atoms. The van der Waals surface area contributed by atoms with Gasteiger partial charge in [0.2, 0.25) is 5.91 Å². The molecule has 0 aromatic carbocycles. The number of hydrogen-bond acceptors (Lipinski definition) is 3. The van der Waals surface area contributed by atoms with Crippen LogP contribution in [0.5, 0.6) is 0 Å². The van der Waals surface area contributed by atoms with E-state index in [0.29, 0.717) is 12.5 Å². The number of nitrogens with zero attached hydrogens (tertiary/aromatic N) is 3. The van der Waals surface area contributed by atoms with E-state index in [1.807, 2.05) is 15.6 Å². The number of hydrogen-bond donors (Lipinski definition) is 1. The van der Waals surface area contributed by atoms with Crippen molar-refractivity contribution in [1.29, 1.82) is 0 Å². The molecule has 1 aliphatic carbocycles. The molecule has 1 amide bonds. The van der Waals surface area contributed by atoms with Crippen LogP contribution in [0, 0.1) is 11.8 Å². The molecule has 0 radical (unpaired) electrons. The second kappa shape index (κ2) is 4.96. The van der Waals surface area contributed by atoms with Crippen LogP contribution < -0.4 is 0 Å². The van der Waals surface area contributed by atoms with E-state index in [1.165, 1.54) is 0 Å². The Morgan fingerprint density at radius 1 is 1.53 bits per heavy atom. The Morgan fingerprint density at radius 2 is 2.32 bits per heavy atom. The molecule has 1 aromatic rings. The van der Waals surface area contributed by atoms with Crippen LogP contribution in [0.3, 0.4) is 0 Å². The molecule has 2 heterocycles. The SMILES string of the molecule is CC1CC(C(=O)N2Cc3ccnn3CC[C@@H]2CO)C1. The minimum Gasteiger partial charge on any atom is -0.394 e. The predicted octanol–water partition coefficient (Wildman–Crippen LogP) is 1.02. The number of aryl methyl sites for hydroxylation is 1. The number of rotatable bonds is 2. The molecule has 0 unspecified atom stereocenters. The summed E-state index contributed by atoms with van der Waals surface area (Å²) >= 11 is 0. The second-order valence-electron chi connectivity index (χ2n) is 5.91. The highest BCUT2D eigenvalue weighted by molar-refractivity contribution is 5.80. The van der Waals surface area contributed by atoms with E-state index >= 15 is 0 Å². The van der Waals surface area contributed by atoms with Gasteiger partial charge in [0.05, 0.1) is 24.9 Å². The van der Waals surface area contributed by atoms with Gasteiger partial charge in [-0.3, -0.25) is 9.48 Å². The van der Waals surface area contributed by atoms with Crippen molar-refractivity contribution in [3.05, 3.63) is 18.0 Å². The Kier molecular flexibility index (Phi) is 3.31. The fourth-order valence-corrected chi connectivity index (χ4v) is 3.21. The lowest BCUT2D eigenvalue weighted by Gasteiger charge is -2.38. The zero-order chi connectivity index (χ0) is 13.4. The Morgan fingerprint density at radius 3 is 3.00 bits per heavy atom. The van der Waals surface area contributed by atoms with Crippen LogP contribution in [0.2, 0.25) is 0 Å². The van der Waals surface area contributed by atoms with Gasteiger partial charge in [-0.15, -0.1) is 0 Å². The number of aliphatic hydroxyl groups is 1. The van der Waals surface area contributed by atoms with Crippen molar-refractivity contribution in [2.45, 2.75) is 45.3 Å².